The van der Waals surface area contributed by atoms with Gasteiger partial charge in [-0.25, -0.2) is 4.79 Å². The van der Waals surface area contributed by atoms with Crippen molar-refractivity contribution in [2.24, 2.45) is 0 Å². The quantitative estimate of drug-likeness (QED) is 0.882. The molecule has 0 unspecified atom stereocenters. The number of carboxylic acids is 1. The van der Waals surface area contributed by atoms with Crippen molar-refractivity contribution in [1.29, 1.82) is 0 Å². The van der Waals surface area contributed by atoms with Gasteiger partial charge in [0.25, 0.3) is 0 Å². The number of nitrogens with zero attached hydrogens (tertiary/aromatic N) is 1. The lowest BCUT2D eigenvalue weighted by molar-refractivity contribution is -0.131. The van der Waals surface area contributed by atoms with Crippen LogP contribution in [0.15, 0.2) is 47.1 Å². The van der Waals surface area contributed by atoms with E-state index < -0.39 is 5.97 Å². The molecule has 1 heterocycles. The SMILES string of the molecule is O=C(O)/C=C/COc1ccc(Br)c2cccnc12. The molecule has 0 aliphatic carbocycles. The summed E-state index contributed by atoms with van der Waals surface area (Å²) in [4.78, 5) is 14.6. The molecule has 4 nitrogen and oxygen atoms in total. The highest BCUT2D eigenvalue weighted by Crippen LogP contribution is 2.29. The molecule has 2 rings (SSSR count). The minimum atomic E-state index is -0.989. The molecule has 0 amide bonds. The summed E-state index contributed by atoms with van der Waals surface area (Å²) in [5.74, 6) is -0.360. The number of rotatable bonds is 4. The van der Waals surface area contributed by atoms with E-state index in [1.807, 2.05) is 18.2 Å². The number of hydrogen-bond acceptors (Lipinski definition) is 3. The Morgan fingerprint density at radius 1 is 1.44 bits per heavy atom. The molecule has 0 atom stereocenters. The van der Waals surface area contributed by atoms with Crippen LogP contribution in [0.1, 0.15) is 0 Å². The van der Waals surface area contributed by atoms with Crippen molar-refractivity contribution in [1.82, 2.24) is 4.98 Å². The molecule has 0 radical (unpaired) electrons. The number of halogens is 1. The van der Waals surface area contributed by atoms with Crippen LogP contribution >= 0.6 is 15.9 Å². The van der Waals surface area contributed by atoms with E-state index in [-0.39, 0.29) is 6.61 Å². The van der Waals surface area contributed by atoms with E-state index in [1.165, 1.54) is 6.08 Å². The highest BCUT2D eigenvalue weighted by Gasteiger charge is 2.05. The Kier molecular flexibility index (Phi) is 3.94. The zero-order chi connectivity index (χ0) is 13.0. The van der Waals surface area contributed by atoms with Gasteiger partial charge in [-0.2, -0.15) is 0 Å². The van der Waals surface area contributed by atoms with Crippen LogP contribution < -0.4 is 4.74 Å². The number of carbonyl (C=O) groups is 1. The molecule has 0 bridgehead atoms. The van der Waals surface area contributed by atoms with Crippen molar-refractivity contribution in [2.45, 2.75) is 0 Å². The number of carboxylic acid groups (broad SMARTS) is 1. The molecular formula is C13H10BrNO3. The Balaban J connectivity index is 2.24. The van der Waals surface area contributed by atoms with Gasteiger partial charge in [0.15, 0.2) is 0 Å². The van der Waals surface area contributed by atoms with Gasteiger partial charge in [0.05, 0.1) is 0 Å². The van der Waals surface area contributed by atoms with Gasteiger partial charge in [-0.1, -0.05) is 22.0 Å². The van der Waals surface area contributed by atoms with E-state index in [0.29, 0.717) is 5.75 Å². The highest BCUT2D eigenvalue weighted by molar-refractivity contribution is 9.10. The van der Waals surface area contributed by atoms with E-state index in [4.69, 9.17) is 9.84 Å². The van der Waals surface area contributed by atoms with Crippen molar-refractivity contribution in [3.63, 3.8) is 0 Å². The Bertz CT molecular complexity index is 610. The fourth-order valence-electron chi connectivity index (χ4n) is 1.52. The molecule has 0 saturated carbocycles. The van der Waals surface area contributed by atoms with Gasteiger partial charge in [0.2, 0.25) is 0 Å². The van der Waals surface area contributed by atoms with E-state index in [9.17, 15) is 4.79 Å². The van der Waals surface area contributed by atoms with Crippen molar-refractivity contribution in [3.05, 3.63) is 47.1 Å². The van der Waals surface area contributed by atoms with Crippen molar-refractivity contribution in [3.8, 4) is 5.75 Å². The lowest BCUT2D eigenvalue weighted by Gasteiger charge is -2.07. The van der Waals surface area contributed by atoms with Crippen LogP contribution in [-0.4, -0.2) is 22.7 Å². The Morgan fingerprint density at radius 2 is 2.28 bits per heavy atom. The van der Waals surface area contributed by atoms with Crippen molar-refractivity contribution < 1.29 is 14.6 Å². The summed E-state index contributed by atoms with van der Waals surface area (Å²) in [5, 5.41) is 9.41. The zero-order valence-electron chi connectivity index (χ0n) is 9.34. The molecule has 0 aliphatic rings. The van der Waals surface area contributed by atoms with Crippen molar-refractivity contribution in [2.75, 3.05) is 6.61 Å². The molecule has 1 N–H and O–H groups in total. The normalized spacial score (nSPS) is 10.9. The molecule has 1 aromatic carbocycles. The highest BCUT2D eigenvalue weighted by atomic mass is 79.9. The Hall–Kier alpha value is -1.88. The van der Waals surface area contributed by atoms with Crippen LogP contribution in [0.5, 0.6) is 5.75 Å². The second-order valence-corrected chi connectivity index (χ2v) is 4.35. The number of fused-ring (bicyclic) bond motifs is 1. The number of benzene rings is 1. The molecule has 0 aliphatic heterocycles. The summed E-state index contributed by atoms with van der Waals surface area (Å²) in [6.07, 6.45) is 4.18. The fourth-order valence-corrected chi connectivity index (χ4v) is 1.97. The monoisotopic (exact) mass is 307 g/mol. The largest absolute Gasteiger partial charge is 0.487 e. The number of aliphatic carboxylic acids is 1. The van der Waals surface area contributed by atoms with Crippen LogP contribution in [0, 0.1) is 0 Å². The molecule has 2 aromatic rings. The van der Waals surface area contributed by atoms with Crippen LogP contribution in [0.3, 0.4) is 0 Å². The summed E-state index contributed by atoms with van der Waals surface area (Å²) in [6.45, 7) is 0.194. The average molecular weight is 308 g/mol. The summed E-state index contributed by atoms with van der Waals surface area (Å²) < 4.78 is 6.43. The maximum absolute atomic E-state index is 10.3. The second kappa shape index (κ2) is 5.64. The lowest BCUT2D eigenvalue weighted by Crippen LogP contribution is -1.97. The smallest absolute Gasteiger partial charge is 0.328 e. The van der Waals surface area contributed by atoms with Crippen LogP contribution in [-0.2, 0) is 4.79 Å². The summed E-state index contributed by atoms with van der Waals surface area (Å²) in [6, 6.07) is 7.46. The minimum absolute atomic E-state index is 0.194. The second-order valence-electron chi connectivity index (χ2n) is 3.50. The van der Waals surface area contributed by atoms with Gasteiger partial charge in [-0.3, -0.25) is 4.98 Å². The van der Waals surface area contributed by atoms with Gasteiger partial charge >= 0.3 is 5.97 Å². The maximum atomic E-state index is 10.3. The lowest BCUT2D eigenvalue weighted by atomic mass is 10.2. The minimum Gasteiger partial charge on any atom is -0.487 e. The van der Waals surface area contributed by atoms with Crippen molar-refractivity contribution >= 4 is 32.8 Å². The number of hydrogen-bond donors (Lipinski definition) is 1. The predicted molar refractivity (Wildman–Crippen MR) is 71.7 cm³/mol. The number of ether oxygens (including phenoxy) is 1. The third kappa shape index (κ3) is 2.87. The summed E-state index contributed by atoms with van der Waals surface area (Å²) >= 11 is 3.44. The molecule has 0 saturated heterocycles. The Labute approximate surface area is 112 Å². The van der Waals surface area contributed by atoms with Gasteiger partial charge in [-0.05, 0) is 24.3 Å². The third-order valence-electron chi connectivity index (χ3n) is 2.27. The first kappa shape index (κ1) is 12.6. The van der Waals surface area contributed by atoms with Crippen LogP contribution in [0.25, 0.3) is 10.9 Å². The summed E-state index contributed by atoms with van der Waals surface area (Å²) in [5.41, 5.74) is 0.746. The molecule has 92 valence electrons. The van der Waals surface area contributed by atoms with Gasteiger partial charge < -0.3 is 9.84 Å². The first-order valence-electron chi connectivity index (χ1n) is 5.24. The first-order valence-corrected chi connectivity index (χ1v) is 6.03. The van der Waals surface area contributed by atoms with Gasteiger partial charge in [-0.15, -0.1) is 0 Å². The zero-order valence-corrected chi connectivity index (χ0v) is 10.9. The maximum Gasteiger partial charge on any atom is 0.328 e. The standard InChI is InChI=1S/C13H10BrNO3/c14-10-5-6-11(18-8-2-4-12(16)17)13-9(10)3-1-7-15-13/h1-7H,8H2,(H,16,17)/b4-2+. The van der Waals surface area contributed by atoms with E-state index in [0.717, 1.165) is 21.5 Å². The average Bonchev–Trinajstić information content (AvgIpc) is 2.37. The molecule has 0 fully saturated rings. The molecule has 5 heteroatoms. The van der Waals surface area contributed by atoms with E-state index in [2.05, 4.69) is 20.9 Å². The van der Waals surface area contributed by atoms with Gasteiger partial charge in [0, 0.05) is 22.1 Å². The Morgan fingerprint density at radius 3 is 3.06 bits per heavy atom. The molecule has 1 aromatic heterocycles. The summed E-state index contributed by atoms with van der Waals surface area (Å²) in [7, 11) is 0. The third-order valence-corrected chi connectivity index (χ3v) is 2.97. The number of aromatic nitrogens is 1. The van der Waals surface area contributed by atoms with Crippen LogP contribution in [0.4, 0.5) is 0 Å². The topological polar surface area (TPSA) is 59.4 Å². The fraction of sp³-hybridized carbons (Fsp3) is 0.0769. The van der Waals surface area contributed by atoms with Crippen LogP contribution in [0.2, 0.25) is 0 Å². The molecule has 18 heavy (non-hydrogen) atoms. The van der Waals surface area contributed by atoms with Gasteiger partial charge in [0.1, 0.15) is 17.9 Å². The van der Waals surface area contributed by atoms with E-state index in [1.54, 1.807) is 12.3 Å². The molecule has 0 spiro atoms. The van der Waals surface area contributed by atoms with E-state index >= 15 is 0 Å². The predicted octanol–water partition coefficient (Wildman–Crippen LogP) is 3.02. The number of pyridine rings is 1. The molecular weight excluding hydrogens is 298 g/mol. The first-order chi connectivity index (χ1) is 8.68.